The molecule has 0 aliphatic rings. The summed E-state index contributed by atoms with van der Waals surface area (Å²) in [5.41, 5.74) is 17.6. The molecule has 0 fully saturated rings. The van der Waals surface area contributed by atoms with E-state index in [9.17, 15) is 24.0 Å². The molecule has 35 heavy (non-hydrogen) atoms. The second-order valence-electron chi connectivity index (χ2n) is 7.96. The predicted octanol–water partition coefficient (Wildman–Crippen LogP) is -1.97. The van der Waals surface area contributed by atoms with Crippen molar-refractivity contribution in [3.8, 4) is 0 Å². The standard InChI is InChI=1S/C22H34N6O6S/c23-9-5-4-8-15(26-19(30)14(24)10-13-6-2-1-3-7-13)20(31)27-16(11-18(25)29)21(32)28-17(12-35)22(33)34/h1-3,6-7,14-17,35H,4-5,8-12,23-24H2,(H2,25,29)(H,26,30)(H,27,31)(H,28,32)(H,33,34). The van der Waals surface area contributed by atoms with E-state index in [1.165, 1.54) is 0 Å². The maximum Gasteiger partial charge on any atom is 0.327 e. The van der Waals surface area contributed by atoms with Gasteiger partial charge in [0, 0.05) is 5.75 Å². The molecule has 1 rings (SSSR count). The van der Waals surface area contributed by atoms with Gasteiger partial charge >= 0.3 is 5.97 Å². The number of nitrogens with one attached hydrogen (secondary N) is 3. The van der Waals surface area contributed by atoms with Gasteiger partial charge in [-0.15, -0.1) is 0 Å². The maximum atomic E-state index is 13.0. The first-order valence-corrected chi connectivity index (χ1v) is 11.7. The number of primary amides is 1. The number of rotatable bonds is 16. The number of carboxylic acids is 1. The number of thiol groups is 1. The topological polar surface area (TPSA) is 220 Å². The van der Waals surface area contributed by atoms with Crippen molar-refractivity contribution in [3.63, 3.8) is 0 Å². The van der Waals surface area contributed by atoms with E-state index in [1.807, 2.05) is 30.3 Å². The van der Waals surface area contributed by atoms with Gasteiger partial charge in [0.15, 0.2) is 0 Å². The Kier molecular flexibility index (Phi) is 13.4. The van der Waals surface area contributed by atoms with Crippen LogP contribution in [0.1, 0.15) is 31.2 Å². The van der Waals surface area contributed by atoms with Gasteiger partial charge in [0.2, 0.25) is 23.6 Å². The minimum Gasteiger partial charge on any atom is -0.480 e. The van der Waals surface area contributed by atoms with Crippen molar-refractivity contribution >= 4 is 42.2 Å². The summed E-state index contributed by atoms with van der Waals surface area (Å²) in [4.78, 5) is 60.9. The van der Waals surface area contributed by atoms with Crippen molar-refractivity contribution in [1.82, 2.24) is 16.0 Å². The lowest BCUT2D eigenvalue weighted by molar-refractivity contribution is -0.141. The van der Waals surface area contributed by atoms with E-state index in [0.717, 1.165) is 5.56 Å². The fraction of sp³-hybridized carbons (Fsp3) is 0.500. The molecule has 4 atom stereocenters. The molecule has 4 unspecified atom stereocenters. The number of unbranched alkanes of at least 4 members (excludes halogenated alkanes) is 1. The first kappa shape index (κ1) is 29.9. The number of hydrogen-bond donors (Lipinski definition) is 8. The van der Waals surface area contributed by atoms with Crippen LogP contribution in [0.25, 0.3) is 0 Å². The molecule has 1 aromatic rings. The average Bonchev–Trinajstić information content (AvgIpc) is 2.81. The summed E-state index contributed by atoms with van der Waals surface area (Å²) in [5.74, 6) is -4.69. The summed E-state index contributed by atoms with van der Waals surface area (Å²) in [5, 5.41) is 16.3. The highest BCUT2D eigenvalue weighted by atomic mass is 32.1. The molecule has 0 saturated heterocycles. The minimum atomic E-state index is -1.45. The van der Waals surface area contributed by atoms with Gasteiger partial charge in [-0.25, -0.2) is 4.79 Å². The summed E-state index contributed by atoms with van der Waals surface area (Å²) in [6.45, 7) is 0.378. The quantitative estimate of drug-likeness (QED) is 0.0918. The SMILES string of the molecule is NCCCCC(NC(=O)C(N)Cc1ccccc1)C(=O)NC(CC(N)=O)C(=O)NC(CS)C(=O)O. The molecule has 0 spiro atoms. The van der Waals surface area contributed by atoms with E-state index < -0.39 is 60.2 Å². The third kappa shape index (κ3) is 11.2. The molecule has 10 N–H and O–H groups in total. The number of aliphatic carboxylic acids is 1. The Labute approximate surface area is 209 Å². The van der Waals surface area contributed by atoms with Crippen LogP contribution in [0.15, 0.2) is 30.3 Å². The summed E-state index contributed by atoms with van der Waals surface area (Å²) in [7, 11) is 0. The highest BCUT2D eigenvalue weighted by Crippen LogP contribution is 2.06. The Hall–Kier alpha value is -3.16. The molecule has 0 heterocycles. The van der Waals surface area contributed by atoms with Crippen molar-refractivity contribution < 1.29 is 29.1 Å². The number of nitrogens with two attached hydrogens (primary N) is 3. The van der Waals surface area contributed by atoms with Crippen molar-refractivity contribution in [3.05, 3.63) is 35.9 Å². The molecule has 0 saturated carbocycles. The first-order chi connectivity index (χ1) is 16.6. The lowest BCUT2D eigenvalue weighted by atomic mass is 10.0. The summed E-state index contributed by atoms with van der Waals surface area (Å²) in [6.07, 6.45) is 0.954. The monoisotopic (exact) mass is 510 g/mol. The van der Waals surface area contributed by atoms with E-state index in [1.54, 1.807) is 0 Å². The van der Waals surface area contributed by atoms with Crippen LogP contribution in [-0.2, 0) is 30.4 Å². The highest BCUT2D eigenvalue weighted by Gasteiger charge is 2.30. The van der Waals surface area contributed by atoms with Crippen molar-refractivity contribution in [1.29, 1.82) is 0 Å². The van der Waals surface area contributed by atoms with E-state index in [-0.39, 0.29) is 18.6 Å². The van der Waals surface area contributed by atoms with Crippen LogP contribution >= 0.6 is 12.6 Å². The molecular weight excluding hydrogens is 476 g/mol. The molecule has 12 nitrogen and oxygen atoms in total. The van der Waals surface area contributed by atoms with Gasteiger partial charge < -0.3 is 38.3 Å². The molecule has 13 heteroatoms. The van der Waals surface area contributed by atoms with Crippen LogP contribution in [-0.4, -0.2) is 71.2 Å². The Morgan fingerprint density at radius 2 is 1.46 bits per heavy atom. The second-order valence-corrected chi connectivity index (χ2v) is 8.32. The van der Waals surface area contributed by atoms with Crippen molar-refractivity contribution in [2.45, 2.75) is 56.3 Å². The molecule has 0 aromatic heterocycles. The maximum absolute atomic E-state index is 13.0. The molecule has 0 bridgehead atoms. The molecule has 194 valence electrons. The molecule has 0 aliphatic heterocycles. The normalized spacial score (nSPS) is 14.1. The zero-order valence-corrected chi connectivity index (χ0v) is 20.2. The predicted molar refractivity (Wildman–Crippen MR) is 132 cm³/mol. The van der Waals surface area contributed by atoms with E-state index >= 15 is 0 Å². The summed E-state index contributed by atoms with van der Waals surface area (Å²) >= 11 is 3.87. The zero-order chi connectivity index (χ0) is 26.4. The molecule has 1 aromatic carbocycles. The Bertz CT molecular complexity index is 871. The van der Waals surface area contributed by atoms with Crippen LogP contribution in [0.4, 0.5) is 0 Å². The lowest BCUT2D eigenvalue weighted by Crippen LogP contribution is -2.58. The van der Waals surface area contributed by atoms with Gasteiger partial charge in [0.1, 0.15) is 18.1 Å². The van der Waals surface area contributed by atoms with E-state index in [2.05, 4.69) is 28.6 Å². The van der Waals surface area contributed by atoms with Crippen LogP contribution in [0.2, 0.25) is 0 Å². The molecule has 4 amide bonds. The number of carboxylic acid groups (broad SMARTS) is 1. The molecular formula is C22H34N6O6S. The fourth-order valence-corrected chi connectivity index (χ4v) is 3.39. The number of hydrogen-bond acceptors (Lipinski definition) is 8. The lowest BCUT2D eigenvalue weighted by Gasteiger charge is -2.24. The van der Waals surface area contributed by atoms with Crippen molar-refractivity contribution in [2.75, 3.05) is 12.3 Å². The smallest absolute Gasteiger partial charge is 0.327 e. The summed E-state index contributed by atoms with van der Waals surface area (Å²) < 4.78 is 0. The van der Waals surface area contributed by atoms with Gasteiger partial charge in [-0.05, 0) is 37.8 Å². The van der Waals surface area contributed by atoms with Gasteiger partial charge in [-0.2, -0.15) is 12.6 Å². The highest BCUT2D eigenvalue weighted by molar-refractivity contribution is 7.80. The van der Waals surface area contributed by atoms with Crippen LogP contribution in [0.3, 0.4) is 0 Å². The van der Waals surface area contributed by atoms with Crippen molar-refractivity contribution in [2.24, 2.45) is 17.2 Å². The van der Waals surface area contributed by atoms with E-state index in [4.69, 9.17) is 22.3 Å². The zero-order valence-electron chi connectivity index (χ0n) is 19.3. The summed E-state index contributed by atoms with van der Waals surface area (Å²) in [6, 6.07) is 4.31. The number of carbonyl (C=O) groups is 5. The average molecular weight is 511 g/mol. The number of amides is 4. The Morgan fingerprint density at radius 3 is 2.00 bits per heavy atom. The van der Waals surface area contributed by atoms with Crippen LogP contribution in [0.5, 0.6) is 0 Å². The number of benzene rings is 1. The molecule has 0 radical (unpaired) electrons. The minimum absolute atomic E-state index is 0.201. The Morgan fingerprint density at radius 1 is 0.886 bits per heavy atom. The fourth-order valence-electron chi connectivity index (χ4n) is 3.14. The van der Waals surface area contributed by atoms with E-state index in [0.29, 0.717) is 19.4 Å². The third-order valence-electron chi connectivity index (χ3n) is 5.05. The van der Waals surface area contributed by atoms with Gasteiger partial charge in [-0.3, -0.25) is 19.2 Å². The number of carbonyl (C=O) groups excluding carboxylic acids is 4. The van der Waals surface area contributed by atoms with Gasteiger partial charge in [0.25, 0.3) is 0 Å². The van der Waals surface area contributed by atoms with Crippen LogP contribution in [0, 0.1) is 0 Å². The van der Waals surface area contributed by atoms with Crippen LogP contribution < -0.4 is 33.2 Å². The second kappa shape index (κ2) is 15.7. The molecule has 0 aliphatic carbocycles. The van der Waals surface area contributed by atoms with Gasteiger partial charge in [-0.1, -0.05) is 30.3 Å². The third-order valence-corrected chi connectivity index (χ3v) is 5.42. The Balaban J connectivity index is 2.94. The largest absolute Gasteiger partial charge is 0.480 e. The van der Waals surface area contributed by atoms with Gasteiger partial charge in [0.05, 0.1) is 12.5 Å². The first-order valence-electron chi connectivity index (χ1n) is 11.1.